The van der Waals surface area contributed by atoms with E-state index in [9.17, 15) is 9.59 Å². The van der Waals surface area contributed by atoms with Crippen molar-refractivity contribution in [3.05, 3.63) is 40.0 Å². The van der Waals surface area contributed by atoms with Crippen LogP contribution in [0.3, 0.4) is 0 Å². The van der Waals surface area contributed by atoms with Gasteiger partial charge in [0.2, 0.25) is 0 Å². The van der Waals surface area contributed by atoms with Gasteiger partial charge in [-0.2, -0.15) is 5.10 Å². The van der Waals surface area contributed by atoms with E-state index >= 15 is 0 Å². The molecule has 2 aromatic heterocycles. The minimum Gasteiger partial charge on any atom is -0.459 e. The van der Waals surface area contributed by atoms with Crippen LogP contribution in [0.2, 0.25) is 0 Å². The van der Waals surface area contributed by atoms with Crippen molar-refractivity contribution >= 4 is 11.9 Å². The fourth-order valence-corrected chi connectivity index (χ4v) is 3.02. The van der Waals surface area contributed by atoms with E-state index in [0.29, 0.717) is 29.1 Å². The SMILES string of the molecule is Cc1cc(C)n(CC(C)NC(=O)c2[nH]c(C)c(C(=O)OC(C)C)c2C)n1. The molecule has 0 saturated carbocycles. The second-order valence-electron chi connectivity index (χ2n) is 7.06. The Labute approximate surface area is 154 Å². The molecule has 0 aliphatic carbocycles. The Morgan fingerprint density at radius 3 is 2.42 bits per heavy atom. The number of hydrogen-bond acceptors (Lipinski definition) is 4. The minimum atomic E-state index is -0.416. The fraction of sp³-hybridized carbons (Fsp3) is 0.526. The molecule has 1 atom stereocenters. The van der Waals surface area contributed by atoms with Crippen molar-refractivity contribution in [1.29, 1.82) is 0 Å². The van der Waals surface area contributed by atoms with E-state index in [2.05, 4.69) is 15.4 Å². The van der Waals surface area contributed by atoms with Gasteiger partial charge in [0.15, 0.2) is 0 Å². The number of aromatic amines is 1. The van der Waals surface area contributed by atoms with Crippen LogP contribution in [-0.4, -0.2) is 38.8 Å². The van der Waals surface area contributed by atoms with Gasteiger partial charge in [-0.15, -0.1) is 0 Å². The molecule has 2 rings (SSSR count). The highest BCUT2D eigenvalue weighted by Gasteiger charge is 2.24. The van der Waals surface area contributed by atoms with Crippen molar-refractivity contribution in [3.63, 3.8) is 0 Å². The first-order valence-electron chi connectivity index (χ1n) is 8.82. The number of H-pyrrole nitrogens is 1. The van der Waals surface area contributed by atoms with E-state index in [0.717, 1.165) is 11.4 Å². The standard InChI is InChI=1S/C19H28N4O3/c1-10(2)26-19(25)16-14(6)17(21-15(16)7)18(24)20-12(4)9-23-13(5)8-11(3)22-23/h8,10,12,21H,9H2,1-7H3,(H,20,24). The number of amides is 1. The number of rotatable bonds is 6. The number of carbonyl (C=O) groups excluding carboxylic acids is 2. The Kier molecular flexibility index (Phi) is 5.90. The number of nitrogens with zero attached hydrogens (tertiary/aromatic N) is 2. The predicted molar refractivity (Wildman–Crippen MR) is 99.4 cm³/mol. The molecule has 1 unspecified atom stereocenters. The lowest BCUT2D eigenvalue weighted by Crippen LogP contribution is -2.36. The van der Waals surface area contributed by atoms with Gasteiger partial charge in [0, 0.05) is 17.4 Å². The molecule has 0 aliphatic heterocycles. The third-order valence-corrected chi connectivity index (χ3v) is 4.14. The lowest BCUT2D eigenvalue weighted by molar-refractivity contribution is 0.0376. The summed E-state index contributed by atoms with van der Waals surface area (Å²) in [6.07, 6.45) is -0.214. The first-order chi connectivity index (χ1) is 12.1. The van der Waals surface area contributed by atoms with Crippen LogP contribution in [0.5, 0.6) is 0 Å². The smallest absolute Gasteiger partial charge is 0.340 e. The lowest BCUT2D eigenvalue weighted by atomic mass is 10.1. The van der Waals surface area contributed by atoms with Gasteiger partial charge in [0.1, 0.15) is 5.69 Å². The normalized spacial score (nSPS) is 12.3. The van der Waals surface area contributed by atoms with Gasteiger partial charge in [-0.25, -0.2) is 4.79 Å². The average molecular weight is 360 g/mol. The molecule has 142 valence electrons. The molecule has 2 heterocycles. The molecule has 0 spiro atoms. The molecule has 0 fully saturated rings. The zero-order valence-electron chi connectivity index (χ0n) is 16.6. The summed E-state index contributed by atoms with van der Waals surface area (Å²) >= 11 is 0. The zero-order valence-corrected chi connectivity index (χ0v) is 16.6. The largest absolute Gasteiger partial charge is 0.459 e. The molecule has 2 aromatic rings. The number of ether oxygens (including phenoxy) is 1. The van der Waals surface area contributed by atoms with E-state index in [1.165, 1.54) is 0 Å². The maximum Gasteiger partial charge on any atom is 0.340 e. The second-order valence-corrected chi connectivity index (χ2v) is 7.06. The van der Waals surface area contributed by atoms with Crippen LogP contribution in [-0.2, 0) is 11.3 Å². The predicted octanol–water partition coefficient (Wildman–Crippen LogP) is 2.83. The highest BCUT2D eigenvalue weighted by atomic mass is 16.5. The Morgan fingerprint density at radius 2 is 1.88 bits per heavy atom. The van der Waals surface area contributed by atoms with Gasteiger partial charge >= 0.3 is 5.97 Å². The van der Waals surface area contributed by atoms with Crippen molar-refractivity contribution in [3.8, 4) is 0 Å². The lowest BCUT2D eigenvalue weighted by Gasteiger charge is -2.15. The average Bonchev–Trinajstić information content (AvgIpc) is 2.96. The van der Waals surface area contributed by atoms with E-state index in [4.69, 9.17) is 4.74 Å². The Balaban J connectivity index is 2.12. The summed E-state index contributed by atoms with van der Waals surface area (Å²) in [5.74, 6) is -0.663. The third kappa shape index (κ3) is 4.33. The van der Waals surface area contributed by atoms with Crippen LogP contribution in [0.4, 0.5) is 0 Å². The summed E-state index contributed by atoms with van der Waals surface area (Å²) in [4.78, 5) is 27.9. The Bertz CT molecular complexity index is 817. The van der Waals surface area contributed by atoms with Crippen LogP contribution in [0, 0.1) is 27.7 Å². The summed E-state index contributed by atoms with van der Waals surface area (Å²) in [7, 11) is 0. The molecule has 7 heteroatoms. The van der Waals surface area contributed by atoms with Crippen molar-refractivity contribution in [2.75, 3.05) is 0 Å². The molecule has 1 amide bonds. The summed E-state index contributed by atoms with van der Waals surface area (Å²) in [5, 5.41) is 7.37. The molecule has 0 bridgehead atoms. The topological polar surface area (TPSA) is 89.0 Å². The van der Waals surface area contributed by atoms with Crippen molar-refractivity contribution < 1.29 is 14.3 Å². The van der Waals surface area contributed by atoms with E-state index < -0.39 is 5.97 Å². The summed E-state index contributed by atoms with van der Waals surface area (Å²) in [6.45, 7) is 13.5. The zero-order chi connectivity index (χ0) is 19.6. The van der Waals surface area contributed by atoms with Gasteiger partial charge in [0.25, 0.3) is 5.91 Å². The van der Waals surface area contributed by atoms with Crippen LogP contribution < -0.4 is 5.32 Å². The fourth-order valence-electron chi connectivity index (χ4n) is 3.02. The molecule has 0 radical (unpaired) electrons. The van der Waals surface area contributed by atoms with Crippen LogP contribution in [0.15, 0.2) is 6.07 Å². The van der Waals surface area contributed by atoms with E-state index in [1.54, 1.807) is 27.7 Å². The van der Waals surface area contributed by atoms with Gasteiger partial charge in [0.05, 0.1) is 23.9 Å². The van der Waals surface area contributed by atoms with Gasteiger partial charge in [-0.3, -0.25) is 9.48 Å². The molecule has 2 N–H and O–H groups in total. The van der Waals surface area contributed by atoms with E-state index in [-0.39, 0.29) is 18.1 Å². The number of esters is 1. The first kappa shape index (κ1) is 19.8. The van der Waals surface area contributed by atoms with Crippen molar-refractivity contribution in [1.82, 2.24) is 20.1 Å². The number of nitrogens with one attached hydrogen (secondary N) is 2. The molecule has 0 aromatic carbocycles. The monoisotopic (exact) mass is 360 g/mol. The van der Waals surface area contributed by atoms with Gasteiger partial charge in [-0.1, -0.05) is 0 Å². The number of aromatic nitrogens is 3. The van der Waals surface area contributed by atoms with E-state index in [1.807, 2.05) is 31.5 Å². The summed E-state index contributed by atoms with van der Waals surface area (Å²) < 4.78 is 7.14. The van der Waals surface area contributed by atoms with Crippen LogP contribution in [0.25, 0.3) is 0 Å². The van der Waals surface area contributed by atoms with Crippen LogP contribution in [0.1, 0.15) is 64.3 Å². The molecule has 26 heavy (non-hydrogen) atoms. The molecular weight excluding hydrogens is 332 g/mol. The third-order valence-electron chi connectivity index (χ3n) is 4.14. The van der Waals surface area contributed by atoms with Crippen molar-refractivity contribution in [2.24, 2.45) is 0 Å². The maximum atomic E-state index is 12.6. The minimum absolute atomic E-state index is 0.116. The highest BCUT2D eigenvalue weighted by molar-refractivity contribution is 6.00. The quantitative estimate of drug-likeness (QED) is 0.775. The molecule has 0 saturated heterocycles. The highest BCUT2D eigenvalue weighted by Crippen LogP contribution is 2.20. The summed E-state index contributed by atoms with van der Waals surface area (Å²) in [5.41, 5.74) is 4.04. The number of carbonyl (C=O) groups is 2. The molecular formula is C19H28N4O3. The maximum absolute atomic E-state index is 12.6. The molecule has 7 nitrogen and oxygen atoms in total. The van der Waals surface area contributed by atoms with Gasteiger partial charge < -0.3 is 15.0 Å². The number of hydrogen-bond donors (Lipinski definition) is 2. The Morgan fingerprint density at radius 1 is 1.23 bits per heavy atom. The van der Waals surface area contributed by atoms with Crippen molar-refractivity contribution in [2.45, 2.75) is 67.2 Å². The molecule has 0 aliphatic rings. The van der Waals surface area contributed by atoms with Crippen LogP contribution >= 0.6 is 0 Å². The number of aryl methyl sites for hydroxylation is 3. The Hall–Kier alpha value is -2.57. The van der Waals surface area contributed by atoms with Gasteiger partial charge in [-0.05, 0) is 60.1 Å². The first-order valence-corrected chi connectivity index (χ1v) is 8.82. The summed E-state index contributed by atoms with van der Waals surface area (Å²) in [6, 6.07) is 1.88. The second kappa shape index (κ2) is 7.76.